The minimum atomic E-state index is -3.14. The number of sulfone groups is 1. The van der Waals surface area contributed by atoms with Gasteiger partial charge in [0.2, 0.25) is 0 Å². The molecule has 0 heterocycles. The number of hydrogen-bond acceptors (Lipinski definition) is 7. The molecule has 0 aliphatic heterocycles. The summed E-state index contributed by atoms with van der Waals surface area (Å²) in [5, 5.41) is 17.8. The topological polar surface area (TPSA) is 115 Å². The maximum atomic E-state index is 13.3. The van der Waals surface area contributed by atoms with Gasteiger partial charge in [-0.05, 0) is 72.1 Å². The Balaban J connectivity index is 0.00000588. The molecule has 0 bridgehead atoms. The summed E-state index contributed by atoms with van der Waals surface area (Å²) < 4.78 is 25.1. The van der Waals surface area contributed by atoms with E-state index in [4.69, 9.17) is 0 Å². The Morgan fingerprint density at radius 1 is 1.07 bits per heavy atom. The first-order chi connectivity index (χ1) is 19.1. The van der Waals surface area contributed by atoms with Crippen molar-refractivity contribution >= 4 is 33.5 Å². The van der Waals surface area contributed by atoms with Crippen molar-refractivity contribution < 1.29 is 42.0 Å². The average Bonchev–Trinajstić information content (AvgIpc) is 2.94. The summed E-state index contributed by atoms with van der Waals surface area (Å²) in [5.41, 5.74) is 3.90. The van der Waals surface area contributed by atoms with Gasteiger partial charge in [-0.3, -0.25) is 4.79 Å². The molecule has 1 fully saturated rings. The van der Waals surface area contributed by atoms with E-state index < -0.39 is 27.8 Å². The van der Waals surface area contributed by atoms with Crippen LogP contribution in [0.3, 0.4) is 0 Å². The van der Waals surface area contributed by atoms with Crippen LogP contribution >= 0.6 is 11.8 Å². The van der Waals surface area contributed by atoms with Crippen molar-refractivity contribution in [2.24, 2.45) is 5.92 Å². The first-order valence-electron chi connectivity index (χ1n) is 14.3. The molecule has 1 unspecified atom stereocenters. The van der Waals surface area contributed by atoms with Gasteiger partial charge in [-0.2, -0.15) is 11.8 Å². The predicted molar refractivity (Wildman–Crippen MR) is 162 cm³/mol. The van der Waals surface area contributed by atoms with Gasteiger partial charge in [-0.25, -0.2) is 8.42 Å². The van der Waals surface area contributed by atoms with Crippen LogP contribution in [0.15, 0.2) is 42.5 Å². The average molecular weight is 595 g/mol. The van der Waals surface area contributed by atoms with Crippen molar-refractivity contribution in [1.82, 2.24) is 10.6 Å². The fourth-order valence-electron chi connectivity index (χ4n) is 5.44. The quantitative estimate of drug-likeness (QED) is 0.297. The van der Waals surface area contributed by atoms with Crippen molar-refractivity contribution in [3.8, 4) is 11.1 Å². The SMILES string of the molecule is CCS(=O)(=O)CC(CC1CCCCC1)NCc1ccc(C(=O)N[C@@H](CCSC)C(=O)[O-])c(-c2ccccc2C)c1.[Li+]. The van der Waals surface area contributed by atoms with E-state index in [9.17, 15) is 23.1 Å². The van der Waals surface area contributed by atoms with Crippen molar-refractivity contribution in [3.63, 3.8) is 0 Å². The molecule has 10 heteroatoms. The Morgan fingerprint density at radius 3 is 2.41 bits per heavy atom. The normalized spacial score (nSPS) is 15.5. The number of carboxylic acids is 1. The van der Waals surface area contributed by atoms with Gasteiger partial charge in [-0.1, -0.05) is 69.4 Å². The zero-order valence-electron chi connectivity index (χ0n) is 24.9. The molecule has 2 N–H and O–H groups in total. The molecule has 2 atom stereocenters. The second-order valence-corrected chi connectivity index (χ2v) is 14.2. The smallest absolute Gasteiger partial charge is 0.548 e. The van der Waals surface area contributed by atoms with E-state index in [0.717, 1.165) is 36.0 Å². The second kappa shape index (κ2) is 17.4. The Kier molecular flexibility index (Phi) is 15.0. The molecule has 2 aromatic rings. The zero-order chi connectivity index (χ0) is 29.1. The number of aliphatic carboxylic acids is 1. The molecule has 220 valence electrons. The summed E-state index contributed by atoms with van der Waals surface area (Å²) >= 11 is 1.51. The standard InChI is InChI=1S/C31H44N2O5S2.Li/c1-4-40(37,38)21-25(18-23-11-6-5-7-12-23)32-20-24-14-15-27(28(19-24)26-13-9-8-10-22(26)2)30(34)33-29(31(35)36)16-17-39-3;/h8-10,13-15,19,23,25,29,32H,4-7,11-12,16-18,20-21H2,1-3H3,(H,33,34)(H,35,36);/q;+1/p-1/t25?,29-;/m0./s1. The Morgan fingerprint density at radius 2 is 1.78 bits per heavy atom. The largest absolute Gasteiger partial charge is 1.00 e. The molecule has 1 aliphatic rings. The number of aryl methyl sites for hydroxylation is 1. The summed E-state index contributed by atoms with van der Waals surface area (Å²) in [5.74, 6) is -0.393. The van der Waals surface area contributed by atoms with Gasteiger partial charge in [0.1, 0.15) is 0 Å². The van der Waals surface area contributed by atoms with Crippen molar-refractivity contribution in [2.45, 2.75) is 77.4 Å². The van der Waals surface area contributed by atoms with E-state index in [0.29, 0.717) is 29.3 Å². The summed E-state index contributed by atoms with van der Waals surface area (Å²) in [7, 11) is -3.14. The summed E-state index contributed by atoms with van der Waals surface area (Å²) in [6.45, 7) is 4.13. The molecule has 3 rings (SSSR count). The molecule has 0 saturated heterocycles. The molecular formula is C31H43LiN2O5S2. The van der Waals surface area contributed by atoms with Crippen LogP contribution in [0.4, 0.5) is 0 Å². The second-order valence-electron chi connectivity index (χ2n) is 10.8. The Hall–Kier alpha value is -1.76. The van der Waals surface area contributed by atoms with E-state index in [1.165, 1.54) is 31.0 Å². The number of benzene rings is 2. The summed E-state index contributed by atoms with van der Waals surface area (Å²) in [4.78, 5) is 25.0. The number of hydrogen-bond donors (Lipinski definition) is 2. The molecule has 1 aliphatic carbocycles. The minimum Gasteiger partial charge on any atom is -0.548 e. The van der Waals surface area contributed by atoms with Crippen LogP contribution in [0.25, 0.3) is 11.1 Å². The molecule has 41 heavy (non-hydrogen) atoms. The Labute approximate surface area is 262 Å². The van der Waals surface area contributed by atoms with E-state index >= 15 is 0 Å². The first kappa shape index (κ1) is 35.4. The number of rotatable bonds is 15. The van der Waals surface area contributed by atoms with E-state index in [2.05, 4.69) is 10.6 Å². The third-order valence-electron chi connectivity index (χ3n) is 7.80. The van der Waals surface area contributed by atoms with Gasteiger partial charge in [0.05, 0.1) is 17.8 Å². The van der Waals surface area contributed by atoms with Gasteiger partial charge in [0.15, 0.2) is 9.84 Å². The van der Waals surface area contributed by atoms with Gasteiger partial charge in [0, 0.05) is 23.9 Å². The van der Waals surface area contributed by atoms with Gasteiger partial charge in [0.25, 0.3) is 5.91 Å². The summed E-state index contributed by atoms with van der Waals surface area (Å²) in [6.07, 6.45) is 8.96. The van der Waals surface area contributed by atoms with E-state index in [1.54, 1.807) is 13.0 Å². The number of carbonyl (C=O) groups is 2. The van der Waals surface area contributed by atoms with Gasteiger partial charge in [-0.15, -0.1) is 0 Å². The van der Waals surface area contributed by atoms with Crippen LogP contribution < -0.4 is 34.6 Å². The third kappa shape index (κ3) is 11.1. The third-order valence-corrected chi connectivity index (χ3v) is 10.2. The number of thioether (sulfide) groups is 1. The minimum absolute atomic E-state index is 0. The maximum Gasteiger partial charge on any atom is 1.00 e. The molecule has 0 aromatic heterocycles. The van der Waals surface area contributed by atoms with Crippen molar-refractivity contribution in [1.29, 1.82) is 0 Å². The van der Waals surface area contributed by atoms with Crippen LogP contribution in [0, 0.1) is 12.8 Å². The maximum absolute atomic E-state index is 13.3. The van der Waals surface area contributed by atoms with Crippen LogP contribution in [0.1, 0.15) is 73.4 Å². The number of nitrogens with one attached hydrogen (secondary N) is 2. The molecule has 7 nitrogen and oxygen atoms in total. The molecule has 1 saturated carbocycles. The first-order valence-corrected chi connectivity index (χ1v) is 17.5. The number of amides is 1. The Bertz CT molecular complexity index is 1250. The predicted octanol–water partition coefficient (Wildman–Crippen LogP) is 1.13. The van der Waals surface area contributed by atoms with Gasteiger partial charge < -0.3 is 20.5 Å². The molecule has 1 amide bonds. The molecular weight excluding hydrogens is 551 g/mol. The van der Waals surface area contributed by atoms with E-state index in [-0.39, 0.29) is 42.8 Å². The fourth-order valence-corrected chi connectivity index (χ4v) is 7.01. The number of carboxylic acid groups (broad SMARTS) is 1. The van der Waals surface area contributed by atoms with Crippen LogP contribution in [0.5, 0.6) is 0 Å². The molecule has 0 spiro atoms. The summed E-state index contributed by atoms with van der Waals surface area (Å²) in [6, 6.07) is 12.1. The molecule has 2 aromatic carbocycles. The van der Waals surface area contributed by atoms with Crippen LogP contribution in [-0.2, 0) is 21.2 Å². The van der Waals surface area contributed by atoms with Crippen molar-refractivity contribution in [2.75, 3.05) is 23.5 Å². The molecule has 0 radical (unpaired) electrons. The van der Waals surface area contributed by atoms with E-state index in [1.807, 2.05) is 49.6 Å². The zero-order valence-corrected chi connectivity index (χ0v) is 26.5. The van der Waals surface area contributed by atoms with Crippen LogP contribution in [0.2, 0.25) is 0 Å². The van der Waals surface area contributed by atoms with Crippen molar-refractivity contribution in [3.05, 3.63) is 59.2 Å². The monoisotopic (exact) mass is 594 g/mol. The van der Waals surface area contributed by atoms with Crippen LogP contribution in [-0.4, -0.2) is 55.9 Å². The van der Waals surface area contributed by atoms with Gasteiger partial charge >= 0.3 is 18.9 Å². The fraction of sp³-hybridized carbons (Fsp3) is 0.548. The number of carbonyl (C=O) groups excluding carboxylic acids is 2.